The Morgan fingerprint density at radius 3 is 2.16 bits per heavy atom. The first kappa shape index (κ1) is 35.1. The maximum atomic E-state index is 13.8. The Hall–Kier alpha value is -2.41. The van der Waals surface area contributed by atoms with Crippen molar-refractivity contribution < 1.29 is 28.2 Å². The second kappa shape index (κ2) is 16.1. The van der Waals surface area contributed by atoms with Crippen molar-refractivity contribution in [1.82, 2.24) is 10.6 Å². The minimum absolute atomic E-state index is 0.223. The molecule has 2 saturated carbocycles. The molecular weight excluding hydrogens is 564 g/mol. The number of benzene rings is 1. The van der Waals surface area contributed by atoms with E-state index in [1.807, 2.05) is 30.3 Å². The van der Waals surface area contributed by atoms with Gasteiger partial charge in [-0.05, 0) is 63.9 Å². The summed E-state index contributed by atoms with van der Waals surface area (Å²) in [7, 11) is -3.63. The van der Waals surface area contributed by atoms with Crippen molar-refractivity contribution in [3.05, 3.63) is 35.9 Å². The topological polar surface area (TPSA) is 133 Å². The lowest BCUT2D eigenvalue weighted by Crippen LogP contribution is -2.56. The van der Waals surface area contributed by atoms with Crippen molar-refractivity contribution in [2.75, 3.05) is 5.75 Å². The van der Waals surface area contributed by atoms with Gasteiger partial charge in [-0.1, -0.05) is 75.3 Å². The van der Waals surface area contributed by atoms with E-state index in [2.05, 4.69) is 16.6 Å². The van der Waals surface area contributed by atoms with Crippen LogP contribution in [0.25, 0.3) is 0 Å². The first-order valence-corrected chi connectivity index (χ1v) is 17.6. The first-order chi connectivity index (χ1) is 20.3. The Kier molecular flexibility index (Phi) is 13.1. The van der Waals surface area contributed by atoms with Crippen molar-refractivity contribution in [2.24, 2.45) is 17.8 Å². The Balaban J connectivity index is 1.80. The molecule has 0 bridgehead atoms. The number of aliphatic hydroxyl groups excluding tert-OH is 2. The quantitative estimate of drug-likeness (QED) is 0.208. The molecule has 8 nitrogen and oxygen atoms in total. The number of aliphatic hydroxyl groups is 2. The molecule has 0 spiro atoms. The number of rotatable bonds is 16. The summed E-state index contributed by atoms with van der Waals surface area (Å²) in [4.78, 5) is 27.6. The minimum atomic E-state index is -3.63. The molecule has 2 aliphatic carbocycles. The highest BCUT2D eigenvalue weighted by Crippen LogP contribution is 2.34. The molecule has 0 saturated heterocycles. The third-order valence-electron chi connectivity index (χ3n) is 8.98. The summed E-state index contributed by atoms with van der Waals surface area (Å²) in [6.07, 6.45) is 12.1. The molecular formula is C34H52N2O6S. The molecule has 5 atom stereocenters. The zero-order valence-corrected chi connectivity index (χ0v) is 27.0. The maximum absolute atomic E-state index is 13.8. The molecule has 0 unspecified atom stereocenters. The lowest BCUT2D eigenvalue weighted by Gasteiger charge is -2.33. The van der Waals surface area contributed by atoms with Gasteiger partial charge in [-0.2, -0.15) is 0 Å². The molecule has 4 N–H and O–H groups in total. The van der Waals surface area contributed by atoms with Crippen LogP contribution >= 0.6 is 0 Å². The van der Waals surface area contributed by atoms with Crippen molar-refractivity contribution in [1.29, 1.82) is 0 Å². The number of nitrogens with one attached hydrogen (secondary N) is 2. The van der Waals surface area contributed by atoms with Gasteiger partial charge in [0, 0.05) is 6.42 Å². The molecule has 240 valence electrons. The number of sulfone groups is 1. The van der Waals surface area contributed by atoms with Crippen LogP contribution in [0.3, 0.4) is 0 Å². The fourth-order valence-corrected chi connectivity index (χ4v) is 7.17. The van der Waals surface area contributed by atoms with Gasteiger partial charge < -0.3 is 20.8 Å². The molecule has 1 aromatic rings. The van der Waals surface area contributed by atoms with E-state index in [1.165, 1.54) is 6.42 Å². The standard InChI is InChI=1S/C34H52N2O6S/c1-5-6-17-30(37)31(38)28(21-25-15-11-8-12-16-25)35-33(40)29(22-26-18-19-26)36-32(39)27(20-24-13-9-7-10-14-24)23-43(41,42)34(2,3)4/h1,7,9-10,13-14,25-31,37-38H,6,8,11-12,15-23H2,2-4H3,(H,35,40)(H,36,39)/t27-,28+,29+,30+,31-/m1/s1. The summed E-state index contributed by atoms with van der Waals surface area (Å²) in [5.41, 5.74) is 0.839. The highest BCUT2D eigenvalue weighted by atomic mass is 32.2. The van der Waals surface area contributed by atoms with E-state index in [-0.39, 0.29) is 18.6 Å². The van der Waals surface area contributed by atoms with Gasteiger partial charge in [0.1, 0.15) is 12.1 Å². The molecule has 0 radical (unpaired) electrons. The van der Waals surface area contributed by atoms with Crippen LogP contribution in [0.2, 0.25) is 0 Å². The summed E-state index contributed by atoms with van der Waals surface area (Å²) in [5.74, 6) is 1.00. The monoisotopic (exact) mass is 616 g/mol. The molecule has 0 heterocycles. The fourth-order valence-electron chi connectivity index (χ4n) is 5.87. The fraction of sp³-hybridized carbons (Fsp3) is 0.706. The summed E-state index contributed by atoms with van der Waals surface area (Å²) in [6, 6.07) is 7.72. The van der Waals surface area contributed by atoms with Crippen LogP contribution in [-0.4, -0.2) is 65.2 Å². The average molecular weight is 617 g/mol. The summed E-state index contributed by atoms with van der Waals surface area (Å²) < 4.78 is 25.3. The predicted octanol–water partition coefficient (Wildman–Crippen LogP) is 3.93. The maximum Gasteiger partial charge on any atom is 0.242 e. The van der Waals surface area contributed by atoms with Gasteiger partial charge in [0.05, 0.1) is 28.6 Å². The van der Waals surface area contributed by atoms with Crippen LogP contribution in [0.1, 0.15) is 97.0 Å². The van der Waals surface area contributed by atoms with E-state index in [1.54, 1.807) is 20.8 Å². The summed E-state index contributed by atoms with van der Waals surface area (Å²) in [6.45, 7) is 4.87. The van der Waals surface area contributed by atoms with Crippen LogP contribution in [0.4, 0.5) is 0 Å². The Morgan fingerprint density at radius 2 is 1.58 bits per heavy atom. The van der Waals surface area contributed by atoms with Crippen LogP contribution in [0.5, 0.6) is 0 Å². The van der Waals surface area contributed by atoms with E-state index < -0.39 is 56.6 Å². The third-order valence-corrected chi connectivity index (χ3v) is 11.7. The number of carbonyl (C=O) groups is 2. The normalized spacial score (nSPS) is 19.8. The zero-order valence-electron chi connectivity index (χ0n) is 26.1. The summed E-state index contributed by atoms with van der Waals surface area (Å²) >= 11 is 0. The van der Waals surface area contributed by atoms with Crippen molar-refractivity contribution in [2.45, 2.75) is 127 Å². The second-order valence-electron chi connectivity index (χ2n) is 13.7. The van der Waals surface area contributed by atoms with Gasteiger partial charge >= 0.3 is 0 Å². The van der Waals surface area contributed by atoms with Crippen molar-refractivity contribution in [3.63, 3.8) is 0 Å². The van der Waals surface area contributed by atoms with Gasteiger partial charge in [0.2, 0.25) is 11.8 Å². The van der Waals surface area contributed by atoms with Crippen molar-refractivity contribution in [3.8, 4) is 12.3 Å². The first-order valence-electron chi connectivity index (χ1n) is 16.0. The third kappa shape index (κ3) is 11.2. The number of hydrogen-bond acceptors (Lipinski definition) is 6. The largest absolute Gasteiger partial charge is 0.390 e. The molecule has 2 aliphatic rings. The van der Waals surface area contributed by atoms with Gasteiger partial charge in [-0.3, -0.25) is 9.59 Å². The molecule has 1 aromatic carbocycles. The van der Waals surface area contributed by atoms with Gasteiger partial charge in [0.15, 0.2) is 9.84 Å². The molecule has 9 heteroatoms. The van der Waals surface area contributed by atoms with E-state index >= 15 is 0 Å². The molecule has 2 amide bonds. The van der Waals surface area contributed by atoms with Crippen LogP contribution in [0.15, 0.2) is 30.3 Å². The lowest BCUT2D eigenvalue weighted by molar-refractivity contribution is -0.132. The molecule has 0 aliphatic heterocycles. The zero-order chi connectivity index (χ0) is 31.6. The van der Waals surface area contributed by atoms with E-state index in [0.29, 0.717) is 31.1 Å². The van der Waals surface area contributed by atoms with E-state index in [9.17, 15) is 28.2 Å². The SMILES string of the molecule is C#CCC[C@H](O)[C@H](O)[C@H](CC1CCCCC1)NC(=O)[C@H](CC1CC1)NC(=O)[C@H](Cc1ccccc1)CS(=O)(=O)C(C)(C)C. The molecule has 43 heavy (non-hydrogen) atoms. The average Bonchev–Trinajstić information content (AvgIpc) is 3.79. The van der Waals surface area contributed by atoms with E-state index in [0.717, 1.165) is 44.1 Å². The highest BCUT2D eigenvalue weighted by Gasteiger charge is 2.38. The molecule has 0 aromatic heterocycles. The number of hydrogen-bond donors (Lipinski definition) is 4. The Labute approximate surface area is 258 Å². The second-order valence-corrected chi connectivity index (χ2v) is 16.5. The lowest BCUT2D eigenvalue weighted by atomic mass is 9.82. The Bertz CT molecular complexity index is 1180. The van der Waals surface area contributed by atoms with Gasteiger partial charge in [0.25, 0.3) is 0 Å². The van der Waals surface area contributed by atoms with Gasteiger partial charge in [-0.25, -0.2) is 8.42 Å². The summed E-state index contributed by atoms with van der Waals surface area (Å²) in [5, 5.41) is 27.7. The minimum Gasteiger partial charge on any atom is -0.390 e. The van der Waals surface area contributed by atoms with E-state index in [4.69, 9.17) is 6.42 Å². The van der Waals surface area contributed by atoms with Crippen LogP contribution in [-0.2, 0) is 25.8 Å². The number of amides is 2. The Morgan fingerprint density at radius 1 is 0.953 bits per heavy atom. The van der Waals surface area contributed by atoms with Gasteiger partial charge in [-0.15, -0.1) is 12.3 Å². The number of terminal acetylenes is 1. The predicted molar refractivity (Wildman–Crippen MR) is 170 cm³/mol. The smallest absolute Gasteiger partial charge is 0.242 e. The number of carbonyl (C=O) groups excluding carboxylic acids is 2. The van der Waals surface area contributed by atoms with Crippen molar-refractivity contribution >= 4 is 21.7 Å². The molecule has 3 rings (SSSR count). The highest BCUT2D eigenvalue weighted by molar-refractivity contribution is 7.92. The van der Waals surface area contributed by atoms with Crippen LogP contribution in [0, 0.1) is 30.1 Å². The molecule has 2 fully saturated rings. The van der Waals surface area contributed by atoms with Crippen LogP contribution < -0.4 is 10.6 Å².